The first kappa shape index (κ1) is 22.3. The minimum Gasteiger partial charge on any atom is -0.550 e. The number of benzene rings is 2. The van der Waals surface area contributed by atoms with Crippen LogP contribution in [0.5, 0.6) is 11.5 Å². The molecule has 0 saturated heterocycles. The Labute approximate surface area is 171 Å². The molecule has 2 rings (SSSR count). The Morgan fingerprint density at radius 3 is 2.24 bits per heavy atom. The van der Waals surface area contributed by atoms with Gasteiger partial charge in [0.25, 0.3) is 5.91 Å². The Bertz CT molecular complexity index is 853. The molecule has 0 spiro atoms. The zero-order chi connectivity index (χ0) is 21.6. The molecular weight excluding hydrogens is 370 g/mol. The Kier molecular flexibility index (Phi) is 7.26. The zero-order valence-electron chi connectivity index (χ0n) is 17.6. The lowest BCUT2D eigenvalue weighted by Crippen LogP contribution is -2.34. The molecule has 1 N–H and O–H groups in total. The highest BCUT2D eigenvalue weighted by Crippen LogP contribution is 2.31. The summed E-state index contributed by atoms with van der Waals surface area (Å²) < 4.78 is 10.8. The molecule has 0 aliphatic carbocycles. The van der Waals surface area contributed by atoms with E-state index < -0.39 is 12.0 Å². The first-order valence-electron chi connectivity index (χ1n) is 9.57. The number of carbonyl (C=O) groups is 2. The fraction of sp³-hybridized carbons (Fsp3) is 0.391. The van der Waals surface area contributed by atoms with Crippen LogP contribution < -0.4 is 19.9 Å². The number of carboxylic acids is 1. The van der Waals surface area contributed by atoms with Crippen LogP contribution >= 0.6 is 0 Å². The molecule has 0 aliphatic rings. The van der Waals surface area contributed by atoms with Crippen molar-refractivity contribution in [2.75, 3.05) is 13.7 Å². The summed E-state index contributed by atoms with van der Waals surface area (Å²) >= 11 is 0. The molecule has 1 unspecified atom stereocenters. The number of carboxylic acid groups (broad SMARTS) is 1. The third-order valence-corrected chi connectivity index (χ3v) is 4.58. The van der Waals surface area contributed by atoms with Gasteiger partial charge in [0.2, 0.25) is 0 Å². The molecule has 29 heavy (non-hydrogen) atoms. The highest BCUT2D eigenvalue weighted by Gasteiger charge is 2.19. The van der Waals surface area contributed by atoms with Crippen LogP contribution in [-0.2, 0) is 10.2 Å². The molecule has 0 aromatic heterocycles. The molecule has 1 amide bonds. The van der Waals surface area contributed by atoms with Crippen LogP contribution in [0.25, 0.3) is 0 Å². The zero-order valence-corrected chi connectivity index (χ0v) is 17.6. The maximum Gasteiger partial charge on any atom is 0.251 e. The average molecular weight is 398 g/mol. The third-order valence-electron chi connectivity index (χ3n) is 4.58. The lowest BCUT2D eigenvalue weighted by molar-refractivity contribution is -0.306. The lowest BCUT2D eigenvalue weighted by atomic mass is 9.86. The molecule has 6 nitrogen and oxygen atoms in total. The van der Waals surface area contributed by atoms with E-state index >= 15 is 0 Å². The van der Waals surface area contributed by atoms with Crippen molar-refractivity contribution in [3.05, 3.63) is 59.2 Å². The van der Waals surface area contributed by atoms with Gasteiger partial charge in [-0.05, 0) is 47.7 Å². The van der Waals surface area contributed by atoms with E-state index in [9.17, 15) is 14.7 Å². The van der Waals surface area contributed by atoms with Gasteiger partial charge in [-0.3, -0.25) is 4.79 Å². The fourth-order valence-corrected chi connectivity index (χ4v) is 2.96. The number of aliphatic carboxylic acids is 1. The van der Waals surface area contributed by atoms with Gasteiger partial charge in [0, 0.05) is 18.0 Å². The molecule has 0 bridgehead atoms. The van der Waals surface area contributed by atoms with Crippen LogP contribution in [0.1, 0.15) is 61.6 Å². The quantitative estimate of drug-likeness (QED) is 0.739. The van der Waals surface area contributed by atoms with Crippen molar-refractivity contribution in [3.8, 4) is 11.5 Å². The SMILES string of the molecule is CCOc1ccc(C(CC(=O)[O-])NC(=O)c2ccc(C(C)(C)C)cc2)cc1OC. The van der Waals surface area contributed by atoms with Crippen LogP contribution in [-0.4, -0.2) is 25.6 Å². The predicted octanol–water partition coefficient (Wildman–Crippen LogP) is 3.00. The smallest absolute Gasteiger partial charge is 0.251 e. The standard InChI is InChI=1S/C23H29NO5/c1-6-29-19-12-9-16(13-20(19)28-5)18(14-21(25)26)24-22(27)15-7-10-17(11-8-15)23(2,3)4/h7-13,18H,6,14H2,1-5H3,(H,24,27)(H,25,26)/p-1. The maximum atomic E-state index is 12.7. The van der Waals surface area contributed by atoms with Gasteiger partial charge in [0.05, 0.1) is 19.8 Å². The van der Waals surface area contributed by atoms with Crippen molar-refractivity contribution in [2.45, 2.75) is 45.6 Å². The summed E-state index contributed by atoms with van der Waals surface area (Å²) in [7, 11) is 1.50. The summed E-state index contributed by atoms with van der Waals surface area (Å²) in [5.74, 6) is -0.595. The van der Waals surface area contributed by atoms with Crippen molar-refractivity contribution in [1.29, 1.82) is 0 Å². The summed E-state index contributed by atoms with van der Waals surface area (Å²) in [5, 5.41) is 14.0. The van der Waals surface area contributed by atoms with E-state index in [1.54, 1.807) is 30.3 Å². The van der Waals surface area contributed by atoms with Crippen LogP contribution in [0.15, 0.2) is 42.5 Å². The van der Waals surface area contributed by atoms with Gasteiger partial charge in [-0.1, -0.05) is 39.0 Å². The van der Waals surface area contributed by atoms with Crippen LogP contribution in [0.4, 0.5) is 0 Å². The van der Waals surface area contributed by atoms with Gasteiger partial charge in [-0.15, -0.1) is 0 Å². The number of amides is 1. The number of hydrogen-bond donors (Lipinski definition) is 1. The minimum atomic E-state index is -1.26. The second-order valence-corrected chi connectivity index (χ2v) is 7.77. The minimum absolute atomic E-state index is 0.0224. The molecule has 1 atom stereocenters. The monoisotopic (exact) mass is 398 g/mol. The first-order valence-corrected chi connectivity index (χ1v) is 9.57. The number of ether oxygens (including phenoxy) is 2. The first-order chi connectivity index (χ1) is 13.7. The largest absolute Gasteiger partial charge is 0.550 e. The molecule has 6 heteroatoms. The van der Waals surface area contributed by atoms with Gasteiger partial charge >= 0.3 is 0 Å². The highest BCUT2D eigenvalue weighted by molar-refractivity contribution is 5.94. The predicted molar refractivity (Wildman–Crippen MR) is 109 cm³/mol. The molecule has 156 valence electrons. The van der Waals surface area contributed by atoms with Gasteiger partial charge in [0.15, 0.2) is 11.5 Å². The second kappa shape index (κ2) is 9.45. The van der Waals surface area contributed by atoms with E-state index in [1.165, 1.54) is 7.11 Å². The van der Waals surface area contributed by atoms with E-state index in [0.29, 0.717) is 29.2 Å². The Morgan fingerprint density at radius 1 is 1.07 bits per heavy atom. The van der Waals surface area contributed by atoms with Crippen LogP contribution in [0, 0.1) is 0 Å². The molecule has 0 fully saturated rings. The molecular formula is C23H28NO5-. The van der Waals surface area contributed by atoms with E-state index in [1.807, 2.05) is 19.1 Å². The number of nitrogens with one attached hydrogen (secondary N) is 1. The summed E-state index contributed by atoms with van der Waals surface area (Å²) in [6.45, 7) is 8.61. The third kappa shape index (κ3) is 5.98. The van der Waals surface area contributed by atoms with Crippen molar-refractivity contribution in [1.82, 2.24) is 5.32 Å². The number of hydrogen-bond acceptors (Lipinski definition) is 5. The van der Waals surface area contributed by atoms with Crippen molar-refractivity contribution >= 4 is 11.9 Å². The Hall–Kier alpha value is -3.02. The molecule has 0 saturated carbocycles. The van der Waals surface area contributed by atoms with Crippen molar-refractivity contribution in [2.24, 2.45) is 0 Å². The van der Waals surface area contributed by atoms with Crippen molar-refractivity contribution < 1.29 is 24.2 Å². The summed E-state index contributed by atoms with van der Waals surface area (Å²) in [4.78, 5) is 24.0. The van der Waals surface area contributed by atoms with Gasteiger partial charge in [-0.25, -0.2) is 0 Å². The maximum absolute atomic E-state index is 12.7. The van der Waals surface area contributed by atoms with E-state index in [4.69, 9.17) is 9.47 Å². The molecule has 2 aromatic carbocycles. The fourth-order valence-electron chi connectivity index (χ4n) is 2.96. The van der Waals surface area contributed by atoms with Gasteiger partial charge in [-0.2, -0.15) is 0 Å². The summed E-state index contributed by atoms with van der Waals surface area (Å²) in [5.41, 5.74) is 2.13. The van der Waals surface area contributed by atoms with Crippen molar-refractivity contribution in [3.63, 3.8) is 0 Å². The Morgan fingerprint density at radius 2 is 1.72 bits per heavy atom. The molecule has 2 aromatic rings. The highest BCUT2D eigenvalue weighted by atomic mass is 16.5. The summed E-state index contributed by atoms with van der Waals surface area (Å²) in [6, 6.07) is 11.6. The van der Waals surface area contributed by atoms with Gasteiger partial charge in [0.1, 0.15) is 0 Å². The molecule has 0 aliphatic heterocycles. The number of methoxy groups -OCH3 is 1. The van der Waals surface area contributed by atoms with Crippen LogP contribution in [0.3, 0.4) is 0 Å². The van der Waals surface area contributed by atoms with E-state index in [2.05, 4.69) is 26.1 Å². The Balaban J connectivity index is 2.26. The second-order valence-electron chi connectivity index (χ2n) is 7.77. The summed E-state index contributed by atoms with van der Waals surface area (Å²) in [6.07, 6.45) is -0.358. The lowest BCUT2D eigenvalue weighted by Gasteiger charge is -2.22. The van der Waals surface area contributed by atoms with E-state index in [0.717, 1.165) is 5.56 Å². The number of rotatable bonds is 8. The topological polar surface area (TPSA) is 87.7 Å². The van der Waals surface area contributed by atoms with E-state index in [-0.39, 0.29) is 17.7 Å². The van der Waals surface area contributed by atoms with Gasteiger partial charge < -0.3 is 24.7 Å². The van der Waals surface area contributed by atoms with Crippen LogP contribution in [0.2, 0.25) is 0 Å². The molecule has 0 heterocycles. The normalized spacial score (nSPS) is 12.2. The number of carbonyl (C=O) groups excluding carboxylic acids is 2. The average Bonchev–Trinajstić information content (AvgIpc) is 2.67. The molecule has 0 radical (unpaired) electrons.